The summed E-state index contributed by atoms with van der Waals surface area (Å²) < 4.78 is 0. The molecule has 0 radical (unpaired) electrons. The van der Waals surface area contributed by atoms with E-state index >= 15 is 0 Å². The Morgan fingerprint density at radius 3 is 2.45 bits per heavy atom. The molecule has 1 aliphatic heterocycles. The van der Waals surface area contributed by atoms with Crippen LogP contribution in [0.5, 0.6) is 0 Å². The summed E-state index contributed by atoms with van der Waals surface area (Å²) in [5, 5.41) is 9.44. The molecule has 1 heterocycles. The molecule has 5 heteroatoms. The Labute approximate surface area is 137 Å². The average Bonchev–Trinajstić information content (AvgIpc) is 2.71. The first-order valence-corrected chi connectivity index (χ1v) is 8.42. The lowest BCUT2D eigenvalue weighted by molar-refractivity contribution is -0.137. The van der Waals surface area contributed by atoms with E-state index in [1.54, 1.807) is 0 Å². The number of carboxylic acid groups (broad SMARTS) is 1. The molecule has 4 nitrogen and oxygen atoms in total. The molecular formula is C17H25ClN2O2. The molecule has 0 aromatic heterocycles. The van der Waals surface area contributed by atoms with E-state index in [1.807, 2.05) is 12.1 Å². The van der Waals surface area contributed by atoms with Crippen molar-refractivity contribution in [2.45, 2.75) is 32.2 Å². The lowest BCUT2D eigenvalue weighted by atomic mass is 10.2. The molecule has 1 aliphatic rings. The molecule has 22 heavy (non-hydrogen) atoms. The average molecular weight is 325 g/mol. The van der Waals surface area contributed by atoms with Gasteiger partial charge in [0.25, 0.3) is 0 Å². The first-order valence-electron chi connectivity index (χ1n) is 8.04. The highest BCUT2D eigenvalue weighted by Gasteiger charge is 2.14. The summed E-state index contributed by atoms with van der Waals surface area (Å²) in [4.78, 5) is 15.5. The van der Waals surface area contributed by atoms with E-state index in [9.17, 15) is 4.79 Å². The van der Waals surface area contributed by atoms with Crippen LogP contribution in [-0.2, 0) is 11.3 Å². The maximum Gasteiger partial charge on any atom is 0.303 e. The van der Waals surface area contributed by atoms with E-state index in [4.69, 9.17) is 16.7 Å². The highest BCUT2D eigenvalue weighted by molar-refractivity contribution is 6.30. The predicted molar refractivity (Wildman–Crippen MR) is 89.3 cm³/mol. The fourth-order valence-corrected chi connectivity index (χ4v) is 2.99. The van der Waals surface area contributed by atoms with E-state index in [0.29, 0.717) is 0 Å². The summed E-state index contributed by atoms with van der Waals surface area (Å²) in [7, 11) is 0. The van der Waals surface area contributed by atoms with Gasteiger partial charge < -0.3 is 10.0 Å². The number of unbranched alkanes of at least 4 members (excludes halogenated alkanes) is 1. The minimum atomic E-state index is -0.690. The van der Waals surface area contributed by atoms with Crippen LogP contribution in [0.3, 0.4) is 0 Å². The van der Waals surface area contributed by atoms with Gasteiger partial charge in [0.05, 0.1) is 0 Å². The van der Waals surface area contributed by atoms with Crippen LogP contribution in [0.2, 0.25) is 5.02 Å². The van der Waals surface area contributed by atoms with Gasteiger partial charge in [-0.15, -0.1) is 0 Å². The molecule has 1 fully saturated rings. The number of carboxylic acids is 1. The first kappa shape index (κ1) is 17.3. The normalized spacial score (nSPS) is 17.3. The van der Waals surface area contributed by atoms with Gasteiger partial charge in [-0.2, -0.15) is 0 Å². The Balaban J connectivity index is 1.70. The van der Waals surface area contributed by atoms with Crippen molar-refractivity contribution in [3.63, 3.8) is 0 Å². The summed E-state index contributed by atoms with van der Waals surface area (Å²) in [5.41, 5.74) is 1.30. The summed E-state index contributed by atoms with van der Waals surface area (Å²) >= 11 is 5.92. The van der Waals surface area contributed by atoms with Crippen LogP contribution in [0.25, 0.3) is 0 Å². The van der Waals surface area contributed by atoms with Gasteiger partial charge in [-0.25, -0.2) is 0 Å². The van der Waals surface area contributed by atoms with Crippen molar-refractivity contribution in [1.82, 2.24) is 9.80 Å². The van der Waals surface area contributed by atoms with Crippen LogP contribution >= 0.6 is 11.6 Å². The van der Waals surface area contributed by atoms with Gasteiger partial charge in [0.1, 0.15) is 0 Å². The molecule has 122 valence electrons. The molecule has 0 unspecified atom stereocenters. The number of rotatable bonds is 7. The minimum Gasteiger partial charge on any atom is -0.481 e. The number of benzene rings is 1. The van der Waals surface area contributed by atoms with Gasteiger partial charge in [0, 0.05) is 31.1 Å². The number of hydrogen-bond donors (Lipinski definition) is 1. The van der Waals surface area contributed by atoms with Crippen LogP contribution in [0, 0.1) is 0 Å². The fraction of sp³-hybridized carbons (Fsp3) is 0.588. The van der Waals surface area contributed by atoms with Crippen molar-refractivity contribution >= 4 is 17.6 Å². The highest BCUT2D eigenvalue weighted by atomic mass is 35.5. The molecule has 1 saturated heterocycles. The van der Waals surface area contributed by atoms with E-state index in [0.717, 1.165) is 57.1 Å². The molecule has 1 aromatic carbocycles. The lowest BCUT2D eigenvalue weighted by Gasteiger charge is -2.21. The Hall–Kier alpha value is -1.10. The SMILES string of the molecule is O=C(O)CCCCN1CCCN(Cc2ccc(Cl)cc2)CC1. The van der Waals surface area contributed by atoms with Crippen molar-refractivity contribution in [2.24, 2.45) is 0 Å². The van der Waals surface area contributed by atoms with Gasteiger partial charge in [-0.3, -0.25) is 9.69 Å². The van der Waals surface area contributed by atoms with E-state index in [2.05, 4.69) is 21.9 Å². The molecule has 0 spiro atoms. The van der Waals surface area contributed by atoms with Gasteiger partial charge in [0.15, 0.2) is 0 Å². The quantitative estimate of drug-likeness (QED) is 0.783. The second-order valence-corrected chi connectivity index (χ2v) is 6.39. The molecule has 0 atom stereocenters. The van der Waals surface area contributed by atoms with Crippen LogP contribution in [-0.4, -0.2) is 53.6 Å². The van der Waals surface area contributed by atoms with E-state index in [-0.39, 0.29) is 6.42 Å². The van der Waals surface area contributed by atoms with Gasteiger partial charge in [-0.1, -0.05) is 23.7 Å². The van der Waals surface area contributed by atoms with E-state index < -0.39 is 5.97 Å². The van der Waals surface area contributed by atoms with Crippen LogP contribution < -0.4 is 0 Å². The summed E-state index contributed by atoms with van der Waals surface area (Å²) in [5.74, 6) is -0.690. The molecule has 0 saturated carbocycles. The first-order chi connectivity index (χ1) is 10.6. The lowest BCUT2D eigenvalue weighted by Crippen LogP contribution is -2.31. The Bertz CT molecular complexity index is 464. The molecule has 2 rings (SSSR count). The molecule has 1 aromatic rings. The zero-order valence-electron chi connectivity index (χ0n) is 13.0. The smallest absolute Gasteiger partial charge is 0.303 e. The number of halogens is 1. The number of hydrogen-bond acceptors (Lipinski definition) is 3. The van der Waals surface area contributed by atoms with Crippen molar-refractivity contribution < 1.29 is 9.90 Å². The summed E-state index contributed by atoms with van der Waals surface area (Å²) in [6.45, 7) is 6.37. The summed E-state index contributed by atoms with van der Waals surface area (Å²) in [6, 6.07) is 8.08. The van der Waals surface area contributed by atoms with Crippen molar-refractivity contribution in [3.8, 4) is 0 Å². The third-order valence-electron chi connectivity index (χ3n) is 4.12. The monoisotopic (exact) mass is 324 g/mol. The number of aliphatic carboxylic acids is 1. The Morgan fingerprint density at radius 1 is 1.05 bits per heavy atom. The van der Waals surface area contributed by atoms with Crippen LogP contribution in [0.4, 0.5) is 0 Å². The fourth-order valence-electron chi connectivity index (χ4n) is 2.87. The highest BCUT2D eigenvalue weighted by Crippen LogP contribution is 2.13. The van der Waals surface area contributed by atoms with Gasteiger partial charge in [0.2, 0.25) is 0 Å². The second kappa shape index (κ2) is 9.13. The zero-order valence-corrected chi connectivity index (χ0v) is 13.8. The largest absolute Gasteiger partial charge is 0.481 e. The Morgan fingerprint density at radius 2 is 1.73 bits per heavy atom. The van der Waals surface area contributed by atoms with Gasteiger partial charge >= 0.3 is 5.97 Å². The van der Waals surface area contributed by atoms with Crippen molar-refractivity contribution in [1.29, 1.82) is 0 Å². The third-order valence-corrected chi connectivity index (χ3v) is 4.37. The molecular weight excluding hydrogens is 300 g/mol. The van der Waals surface area contributed by atoms with Crippen molar-refractivity contribution in [3.05, 3.63) is 34.9 Å². The summed E-state index contributed by atoms with van der Waals surface area (Å²) in [6.07, 6.45) is 3.22. The topological polar surface area (TPSA) is 43.8 Å². The molecule has 1 N–H and O–H groups in total. The minimum absolute atomic E-state index is 0.288. The molecule has 0 amide bonds. The van der Waals surface area contributed by atoms with Crippen LogP contribution in [0.1, 0.15) is 31.2 Å². The predicted octanol–water partition coefficient (Wildman–Crippen LogP) is 3.10. The second-order valence-electron chi connectivity index (χ2n) is 5.95. The molecule has 0 aliphatic carbocycles. The zero-order chi connectivity index (χ0) is 15.8. The number of carbonyl (C=O) groups is 1. The van der Waals surface area contributed by atoms with Crippen molar-refractivity contribution in [2.75, 3.05) is 32.7 Å². The third kappa shape index (κ3) is 6.34. The van der Waals surface area contributed by atoms with E-state index in [1.165, 1.54) is 12.0 Å². The number of nitrogens with zero attached hydrogens (tertiary/aromatic N) is 2. The maximum atomic E-state index is 10.5. The Kier molecular flexibility index (Phi) is 7.16. The maximum absolute atomic E-state index is 10.5. The van der Waals surface area contributed by atoms with Crippen LogP contribution in [0.15, 0.2) is 24.3 Å². The standard InChI is InChI=1S/C17H25ClN2O2/c18-16-7-5-15(6-8-16)14-20-11-3-10-19(12-13-20)9-2-1-4-17(21)22/h5-8H,1-4,9-14H2,(H,21,22). The molecule has 0 bridgehead atoms. The van der Waals surface area contributed by atoms with Gasteiger partial charge in [-0.05, 0) is 56.6 Å².